The van der Waals surface area contributed by atoms with Gasteiger partial charge in [0, 0.05) is 0 Å². The molecule has 0 aromatic carbocycles. The highest BCUT2D eigenvalue weighted by Crippen LogP contribution is 2.52. The minimum absolute atomic E-state index is 0.0414. The first-order valence-corrected chi connectivity index (χ1v) is 13.4. The van der Waals surface area contributed by atoms with Gasteiger partial charge in [0.25, 0.3) is 0 Å². The maximum absolute atomic E-state index is 11.7. The fourth-order valence-corrected chi connectivity index (χ4v) is 4.80. The highest BCUT2D eigenvalue weighted by molar-refractivity contribution is 7.53. The van der Waals surface area contributed by atoms with Gasteiger partial charge in [-0.05, 0) is 32.1 Å². The average molecular weight is 435 g/mol. The first-order chi connectivity index (χ1) is 13.5. The van der Waals surface area contributed by atoms with Gasteiger partial charge in [0.2, 0.25) is 5.34 Å². The number of hydrogen-bond donors (Lipinski definition) is 3. The highest BCUT2D eigenvalue weighted by atomic mass is 31.2. The van der Waals surface area contributed by atoms with Crippen molar-refractivity contribution in [1.29, 1.82) is 0 Å². The van der Waals surface area contributed by atoms with Crippen molar-refractivity contribution in [2.45, 2.75) is 109 Å². The first-order valence-electron chi connectivity index (χ1n) is 11.8. The van der Waals surface area contributed by atoms with Crippen LogP contribution < -0.4 is 0 Å². The predicted octanol–water partition coefficient (Wildman–Crippen LogP) is 5.99. The minimum atomic E-state index is -4.56. The van der Waals surface area contributed by atoms with Gasteiger partial charge < -0.3 is 19.4 Å². The maximum Gasteiger partial charge on any atom is 0.362 e. The highest BCUT2D eigenvalue weighted by Gasteiger charge is 2.48. The van der Waals surface area contributed by atoms with E-state index >= 15 is 0 Å². The largest absolute Gasteiger partial charge is 0.373 e. The van der Waals surface area contributed by atoms with Crippen molar-refractivity contribution in [3.63, 3.8) is 0 Å². The Morgan fingerprint density at radius 3 is 1.59 bits per heavy atom. The van der Waals surface area contributed by atoms with Crippen LogP contribution in [0.4, 0.5) is 0 Å². The number of allylic oxidation sites excluding steroid dienone is 2. The SMILES string of the molecule is CCCCCCCCCCCCC/C=C\CCCC(O)(C[N+](C)(C)C)P(=O)(O)O. The van der Waals surface area contributed by atoms with Crippen molar-refractivity contribution < 1.29 is 23.9 Å². The number of rotatable bonds is 19. The second kappa shape index (κ2) is 15.6. The fourth-order valence-electron chi connectivity index (χ4n) is 3.74. The topological polar surface area (TPSA) is 77.8 Å². The molecule has 0 aliphatic heterocycles. The van der Waals surface area contributed by atoms with Gasteiger partial charge in [0.05, 0.1) is 21.1 Å². The van der Waals surface area contributed by atoms with E-state index in [1.807, 2.05) is 21.1 Å². The molecule has 0 bridgehead atoms. The van der Waals surface area contributed by atoms with E-state index in [1.165, 1.54) is 70.6 Å². The zero-order valence-corrected chi connectivity index (χ0v) is 20.5. The second-order valence-corrected chi connectivity index (χ2v) is 11.6. The zero-order chi connectivity index (χ0) is 22.2. The number of quaternary nitrogens is 1. The van der Waals surface area contributed by atoms with Crippen LogP contribution in [0.2, 0.25) is 0 Å². The normalized spacial score (nSPS) is 15.1. The predicted molar refractivity (Wildman–Crippen MR) is 124 cm³/mol. The lowest BCUT2D eigenvalue weighted by molar-refractivity contribution is -0.875. The number of nitrogens with zero attached hydrogens (tertiary/aromatic N) is 1. The van der Waals surface area contributed by atoms with E-state index in [1.54, 1.807) is 0 Å². The van der Waals surface area contributed by atoms with E-state index in [4.69, 9.17) is 0 Å². The van der Waals surface area contributed by atoms with Crippen LogP contribution in [0.25, 0.3) is 0 Å². The summed E-state index contributed by atoms with van der Waals surface area (Å²) >= 11 is 0. The van der Waals surface area contributed by atoms with Crippen LogP contribution in [0.5, 0.6) is 0 Å². The maximum atomic E-state index is 11.7. The molecule has 0 aliphatic carbocycles. The molecule has 1 unspecified atom stereocenters. The van der Waals surface area contributed by atoms with E-state index in [0.29, 0.717) is 10.9 Å². The Balaban J connectivity index is 3.74. The number of likely N-dealkylation sites (N-methyl/N-ethyl adjacent to an activating group) is 1. The van der Waals surface area contributed by atoms with Crippen LogP contribution >= 0.6 is 7.60 Å². The van der Waals surface area contributed by atoms with Crippen LogP contribution in [0.3, 0.4) is 0 Å². The number of unbranched alkanes of at least 4 members (excludes halogenated alkanes) is 12. The van der Waals surface area contributed by atoms with E-state index in [0.717, 1.165) is 12.8 Å². The van der Waals surface area contributed by atoms with Crippen LogP contribution in [0.15, 0.2) is 12.2 Å². The summed E-state index contributed by atoms with van der Waals surface area (Å²) in [4.78, 5) is 19.1. The molecule has 174 valence electrons. The molecular weight excluding hydrogens is 385 g/mol. The molecule has 0 rings (SSSR count). The third kappa shape index (κ3) is 16.2. The Bertz CT molecular complexity index is 470. The van der Waals surface area contributed by atoms with Gasteiger partial charge in [-0.25, -0.2) is 0 Å². The van der Waals surface area contributed by atoms with Crippen LogP contribution in [-0.2, 0) is 4.57 Å². The van der Waals surface area contributed by atoms with Gasteiger partial charge in [0.1, 0.15) is 6.54 Å². The molecule has 0 spiro atoms. The van der Waals surface area contributed by atoms with Crippen molar-refractivity contribution in [2.24, 2.45) is 0 Å². The molecule has 3 N–H and O–H groups in total. The lowest BCUT2D eigenvalue weighted by Gasteiger charge is -2.35. The third-order valence-electron chi connectivity index (χ3n) is 5.36. The van der Waals surface area contributed by atoms with E-state index in [9.17, 15) is 19.5 Å². The molecule has 0 aliphatic rings. The molecule has 0 aromatic rings. The van der Waals surface area contributed by atoms with Gasteiger partial charge in [-0.15, -0.1) is 0 Å². The van der Waals surface area contributed by atoms with Gasteiger partial charge in [0.15, 0.2) is 0 Å². The number of aliphatic hydroxyl groups is 1. The molecule has 0 radical (unpaired) electrons. The second-order valence-electron chi connectivity index (χ2n) is 9.66. The van der Waals surface area contributed by atoms with Crippen molar-refractivity contribution in [2.75, 3.05) is 27.7 Å². The summed E-state index contributed by atoms with van der Waals surface area (Å²) < 4.78 is 12.1. The van der Waals surface area contributed by atoms with E-state index < -0.39 is 12.9 Å². The molecule has 5 nitrogen and oxygen atoms in total. The minimum Gasteiger partial charge on any atom is -0.373 e. The lowest BCUT2D eigenvalue weighted by atomic mass is 10.0. The zero-order valence-electron chi connectivity index (χ0n) is 19.6. The molecular formula is C23H49NO4P+. The van der Waals surface area contributed by atoms with E-state index in [2.05, 4.69) is 19.1 Å². The van der Waals surface area contributed by atoms with Gasteiger partial charge in [-0.1, -0.05) is 83.3 Å². The lowest BCUT2D eigenvalue weighted by Crippen LogP contribution is -2.49. The summed E-state index contributed by atoms with van der Waals surface area (Å²) in [6.07, 6.45) is 21.6. The Morgan fingerprint density at radius 2 is 1.17 bits per heavy atom. The quantitative estimate of drug-likeness (QED) is 0.101. The Kier molecular flexibility index (Phi) is 15.5. The molecule has 0 aromatic heterocycles. The molecule has 29 heavy (non-hydrogen) atoms. The Labute approximate surface area is 180 Å². The molecule has 0 saturated heterocycles. The standard InChI is InChI=1S/C23H48NO4P/c1-5-6-7-8-9-10-11-12-13-14-15-16-17-18-19-20-21-23(25,29(26,27)28)22-24(2,3)4/h17-18,25H,5-16,19-22H2,1-4H3,(H-,26,27,28)/p+1/b18-17-. The molecule has 0 amide bonds. The summed E-state index contributed by atoms with van der Waals surface area (Å²) in [6.45, 7) is 2.30. The van der Waals surface area contributed by atoms with Gasteiger partial charge in [-0.3, -0.25) is 4.57 Å². The molecule has 6 heteroatoms. The summed E-state index contributed by atoms with van der Waals surface area (Å²) in [5.41, 5.74) is 0. The number of hydrogen-bond acceptors (Lipinski definition) is 2. The van der Waals surface area contributed by atoms with Crippen LogP contribution in [0.1, 0.15) is 103 Å². The van der Waals surface area contributed by atoms with Crippen molar-refractivity contribution in [3.8, 4) is 0 Å². The Hall–Kier alpha value is -0.190. The van der Waals surface area contributed by atoms with Crippen molar-refractivity contribution in [3.05, 3.63) is 12.2 Å². The third-order valence-corrected chi connectivity index (χ3v) is 6.81. The van der Waals surface area contributed by atoms with E-state index in [-0.39, 0.29) is 13.0 Å². The van der Waals surface area contributed by atoms with Crippen molar-refractivity contribution >= 4 is 7.60 Å². The first kappa shape index (κ1) is 28.8. The van der Waals surface area contributed by atoms with Crippen molar-refractivity contribution in [1.82, 2.24) is 0 Å². The molecule has 0 saturated carbocycles. The summed E-state index contributed by atoms with van der Waals surface area (Å²) in [5, 5.41) is 8.56. The van der Waals surface area contributed by atoms with Crippen LogP contribution in [0, 0.1) is 0 Å². The summed E-state index contributed by atoms with van der Waals surface area (Å²) in [7, 11) is 0.924. The molecule has 0 fully saturated rings. The van der Waals surface area contributed by atoms with Crippen LogP contribution in [-0.4, -0.2) is 52.4 Å². The smallest absolute Gasteiger partial charge is 0.362 e. The van der Waals surface area contributed by atoms with Gasteiger partial charge in [-0.2, -0.15) is 0 Å². The molecule has 1 atom stereocenters. The average Bonchev–Trinajstić information content (AvgIpc) is 2.59. The van der Waals surface area contributed by atoms with Gasteiger partial charge >= 0.3 is 7.60 Å². The fraction of sp³-hybridized carbons (Fsp3) is 0.913. The molecule has 0 heterocycles. The monoisotopic (exact) mass is 434 g/mol. The summed E-state index contributed by atoms with van der Waals surface area (Å²) in [6, 6.07) is 0. The Morgan fingerprint density at radius 1 is 0.759 bits per heavy atom. The summed E-state index contributed by atoms with van der Waals surface area (Å²) in [5.74, 6) is 0.